The molecule has 2 aromatic carbocycles. The Balaban J connectivity index is 1.69. The van der Waals surface area contributed by atoms with E-state index < -0.39 is 37.3 Å². The summed E-state index contributed by atoms with van der Waals surface area (Å²) < 4.78 is 16.1. The van der Waals surface area contributed by atoms with E-state index in [0.717, 1.165) is 0 Å². The van der Waals surface area contributed by atoms with Gasteiger partial charge in [0, 0.05) is 17.7 Å². The SMILES string of the molecule is CCOC(=O)CCNC(=O)c1ccc(-c2ccccc2O[C@H]2O[C@H](CO)[C@@H](O)[C@H](O)[C@@H]2O)cc1. The average molecular weight is 475 g/mol. The Hall–Kier alpha value is -3.02. The molecule has 0 aromatic heterocycles. The van der Waals surface area contributed by atoms with Crippen molar-refractivity contribution in [2.45, 2.75) is 44.1 Å². The molecule has 0 radical (unpaired) electrons. The molecule has 3 rings (SSSR count). The zero-order valence-corrected chi connectivity index (χ0v) is 18.7. The molecule has 1 aliphatic heterocycles. The summed E-state index contributed by atoms with van der Waals surface area (Å²) in [7, 11) is 0. The van der Waals surface area contributed by atoms with Crippen LogP contribution in [0.3, 0.4) is 0 Å². The molecule has 10 heteroatoms. The van der Waals surface area contributed by atoms with Crippen molar-refractivity contribution < 1.29 is 44.2 Å². The van der Waals surface area contributed by atoms with Crippen molar-refractivity contribution in [1.82, 2.24) is 5.32 Å². The lowest BCUT2D eigenvalue weighted by molar-refractivity contribution is -0.277. The molecule has 0 spiro atoms. The fourth-order valence-corrected chi connectivity index (χ4v) is 3.51. The highest BCUT2D eigenvalue weighted by atomic mass is 16.7. The van der Waals surface area contributed by atoms with Crippen molar-refractivity contribution >= 4 is 11.9 Å². The fourth-order valence-electron chi connectivity index (χ4n) is 3.51. The van der Waals surface area contributed by atoms with Crippen LogP contribution < -0.4 is 10.1 Å². The molecule has 184 valence electrons. The van der Waals surface area contributed by atoms with Gasteiger partial charge in [0.15, 0.2) is 0 Å². The maximum atomic E-state index is 12.3. The van der Waals surface area contributed by atoms with Crippen LogP contribution in [0.5, 0.6) is 5.75 Å². The molecule has 1 amide bonds. The summed E-state index contributed by atoms with van der Waals surface area (Å²) in [5, 5.41) is 42.2. The molecular formula is C24H29NO9. The molecule has 5 N–H and O–H groups in total. The maximum absolute atomic E-state index is 12.3. The lowest BCUT2D eigenvalue weighted by Crippen LogP contribution is -2.60. The van der Waals surface area contributed by atoms with Gasteiger partial charge in [0.25, 0.3) is 5.91 Å². The second-order valence-corrected chi connectivity index (χ2v) is 7.70. The molecule has 0 bridgehead atoms. The minimum atomic E-state index is -1.55. The molecule has 0 aliphatic carbocycles. The Morgan fingerprint density at radius 1 is 1.00 bits per heavy atom. The van der Waals surface area contributed by atoms with Crippen LogP contribution in [-0.4, -0.2) is 82.8 Å². The van der Waals surface area contributed by atoms with Crippen LogP contribution in [0.2, 0.25) is 0 Å². The molecular weight excluding hydrogens is 446 g/mol. The number of hydrogen-bond donors (Lipinski definition) is 5. The second kappa shape index (κ2) is 11.9. The van der Waals surface area contributed by atoms with Crippen molar-refractivity contribution in [3.05, 3.63) is 54.1 Å². The molecule has 0 saturated carbocycles. The Kier molecular flexibility index (Phi) is 8.97. The van der Waals surface area contributed by atoms with Crippen molar-refractivity contribution in [2.75, 3.05) is 19.8 Å². The van der Waals surface area contributed by atoms with E-state index in [-0.39, 0.29) is 31.4 Å². The van der Waals surface area contributed by atoms with E-state index in [0.29, 0.717) is 22.4 Å². The monoisotopic (exact) mass is 475 g/mol. The molecule has 2 aromatic rings. The Labute approximate surface area is 196 Å². The number of nitrogens with one attached hydrogen (secondary N) is 1. The summed E-state index contributed by atoms with van der Waals surface area (Å²) >= 11 is 0. The fraction of sp³-hybridized carbons (Fsp3) is 0.417. The van der Waals surface area contributed by atoms with Gasteiger partial charge in [0.1, 0.15) is 30.2 Å². The highest BCUT2D eigenvalue weighted by Gasteiger charge is 2.44. The van der Waals surface area contributed by atoms with E-state index in [2.05, 4.69) is 5.32 Å². The van der Waals surface area contributed by atoms with Crippen LogP contribution in [0, 0.1) is 0 Å². The number of aliphatic hydroxyl groups excluding tert-OH is 4. The van der Waals surface area contributed by atoms with Crippen molar-refractivity contribution in [2.24, 2.45) is 0 Å². The number of benzene rings is 2. The number of carbonyl (C=O) groups excluding carboxylic acids is 2. The van der Waals surface area contributed by atoms with Gasteiger partial charge in [-0.1, -0.05) is 30.3 Å². The molecule has 1 saturated heterocycles. The van der Waals surface area contributed by atoms with Gasteiger partial charge < -0.3 is 40.0 Å². The number of esters is 1. The normalized spacial score (nSPS) is 24.3. The average Bonchev–Trinajstić information content (AvgIpc) is 2.85. The number of carbonyl (C=O) groups is 2. The van der Waals surface area contributed by atoms with Crippen LogP contribution in [0.1, 0.15) is 23.7 Å². The lowest BCUT2D eigenvalue weighted by Gasteiger charge is -2.39. The topological polar surface area (TPSA) is 155 Å². The van der Waals surface area contributed by atoms with Gasteiger partial charge in [-0.25, -0.2) is 0 Å². The third-order valence-corrected chi connectivity index (χ3v) is 5.36. The number of hydrogen-bond acceptors (Lipinski definition) is 9. The summed E-state index contributed by atoms with van der Waals surface area (Å²) in [5.74, 6) is -0.380. The molecule has 10 nitrogen and oxygen atoms in total. The largest absolute Gasteiger partial charge is 0.466 e. The molecule has 1 aliphatic rings. The van der Waals surface area contributed by atoms with Gasteiger partial charge in [-0.3, -0.25) is 9.59 Å². The Morgan fingerprint density at radius 2 is 1.71 bits per heavy atom. The standard InChI is InChI=1S/C24H29NO9/c1-2-32-19(27)11-12-25-23(31)15-9-7-14(8-10-15)16-5-3-4-6-17(16)33-24-22(30)21(29)20(28)18(13-26)34-24/h3-10,18,20-22,24,26,28-30H,2,11-13H2,1H3,(H,25,31)/t18-,20-,21+,22+,24+/m1/s1. The first-order valence-corrected chi connectivity index (χ1v) is 11.0. The highest BCUT2D eigenvalue weighted by molar-refractivity contribution is 5.95. The first-order valence-electron chi connectivity index (χ1n) is 11.0. The lowest BCUT2D eigenvalue weighted by atomic mass is 9.99. The highest BCUT2D eigenvalue weighted by Crippen LogP contribution is 2.33. The van der Waals surface area contributed by atoms with Crippen LogP contribution in [0.25, 0.3) is 11.1 Å². The van der Waals surface area contributed by atoms with Gasteiger partial charge in [-0.2, -0.15) is 0 Å². The third kappa shape index (κ3) is 6.10. The van der Waals surface area contributed by atoms with E-state index in [9.17, 15) is 30.0 Å². The predicted molar refractivity (Wildman–Crippen MR) is 120 cm³/mol. The Morgan fingerprint density at radius 3 is 2.38 bits per heavy atom. The van der Waals surface area contributed by atoms with Crippen molar-refractivity contribution in [3.8, 4) is 16.9 Å². The first kappa shape index (κ1) is 25.6. The summed E-state index contributed by atoms with van der Waals surface area (Å²) in [4.78, 5) is 23.7. The number of aliphatic hydroxyl groups is 4. The molecule has 1 fully saturated rings. The van der Waals surface area contributed by atoms with Crippen molar-refractivity contribution in [3.63, 3.8) is 0 Å². The number of rotatable bonds is 9. The summed E-state index contributed by atoms with van der Waals surface area (Å²) in [6.45, 7) is 1.60. The van der Waals surface area contributed by atoms with Gasteiger partial charge in [-0.05, 0) is 30.7 Å². The predicted octanol–water partition coefficient (Wildman–Crippen LogP) is 0.215. The molecule has 0 unspecified atom stereocenters. The van der Waals surface area contributed by atoms with Crippen LogP contribution in [-0.2, 0) is 14.3 Å². The van der Waals surface area contributed by atoms with Gasteiger partial charge in [-0.15, -0.1) is 0 Å². The van der Waals surface area contributed by atoms with Crippen LogP contribution in [0.15, 0.2) is 48.5 Å². The third-order valence-electron chi connectivity index (χ3n) is 5.36. The maximum Gasteiger partial charge on any atom is 0.307 e. The zero-order chi connectivity index (χ0) is 24.7. The van der Waals surface area contributed by atoms with Gasteiger partial charge in [0.2, 0.25) is 6.29 Å². The van der Waals surface area contributed by atoms with Crippen LogP contribution in [0.4, 0.5) is 0 Å². The minimum absolute atomic E-state index is 0.0837. The summed E-state index contributed by atoms with van der Waals surface area (Å²) in [6.07, 6.45) is -6.89. The van der Waals surface area contributed by atoms with E-state index in [1.165, 1.54) is 0 Å². The number of amides is 1. The smallest absolute Gasteiger partial charge is 0.307 e. The molecule has 1 heterocycles. The van der Waals surface area contributed by atoms with E-state index in [1.807, 2.05) is 0 Å². The molecule has 34 heavy (non-hydrogen) atoms. The quantitative estimate of drug-likeness (QED) is 0.320. The number of ether oxygens (including phenoxy) is 3. The first-order chi connectivity index (χ1) is 16.3. The molecule has 5 atom stereocenters. The number of para-hydroxylation sites is 1. The zero-order valence-electron chi connectivity index (χ0n) is 18.7. The van der Waals surface area contributed by atoms with Crippen molar-refractivity contribution in [1.29, 1.82) is 0 Å². The van der Waals surface area contributed by atoms with E-state index in [4.69, 9.17) is 14.2 Å². The summed E-state index contributed by atoms with van der Waals surface area (Å²) in [6, 6.07) is 13.6. The van der Waals surface area contributed by atoms with E-state index in [1.54, 1.807) is 55.5 Å². The summed E-state index contributed by atoms with van der Waals surface area (Å²) in [5.41, 5.74) is 1.75. The van der Waals surface area contributed by atoms with E-state index >= 15 is 0 Å². The van der Waals surface area contributed by atoms with Gasteiger partial charge >= 0.3 is 5.97 Å². The van der Waals surface area contributed by atoms with Crippen LogP contribution >= 0.6 is 0 Å². The van der Waals surface area contributed by atoms with Gasteiger partial charge in [0.05, 0.1) is 19.6 Å². The minimum Gasteiger partial charge on any atom is -0.466 e. The second-order valence-electron chi connectivity index (χ2n) is 7.70. The Bertz CT molecular complexity index is 963.